The number of rotatable bonds is 2. The zero-order valence-corrected chi connectivity index (χ0v) is 11.6. The molecule has 0 heterocycles. The van der Waals surface area contributed by atoms with Crippen LogP contribution in [-0.4, -0.2) is 0 Å². The minimum atomic E-state index is 0.482. The van der Waals surface area contributed by atoms with Gasteiger partial charge < -0.3 is 10.5 Å². The van der Waals surface area contributed by atoms with Crippen LogP contribution in [0.3, 0.4) is 0 Å². The van der Waals surface area contributed by atoms with Gasteiger partial charge in [0.15, 0.2) is 0 Å². The van der Waals surface area contributed by atoms with E-state index < -0.39 is 0 Å². The lowest BCUT2D eigenvalue weighted by atomic mass is 10.2. The Morgan fingerprint density at radius 2 is 1.61 bits per heavy atom. The van der Waals surface area contributed by atoms with Crippen molar-refractivity contribution in [3.63, 3.8) is 0 Å². The van der Waals surface area contributed by atoms with Gasteiger partial charge in [-0.15, -0.1) is 0 Å². The topological polar surface area (TPSA) is 35.2 Å². The van der Waals surface area contributed by atoms with E-state index in [1.807, 2.05) is 26.0 Å². The highest BCUT2D eigenvalue weighted by atomic mass is 35.5. The number of benzene rings is 2. The molecule has 0 spiro atoms. The van der Waals surface area contributed by atoms with Crippen molar-refractivity contribution in [2.45, 2.75) is 13.8 Å². The van der Waals surface area contributed by atoms with Crippen molar-refractivity contribution in [2.24, 2.45) is 0 Å². The Balaban J connectivity index is 2.40. The Bertz CT molecular complexity index is 597. The maximum absolute atomic E-state index is 5.99. The zero-order chi connectivity index (χ0) is 13.3. The summed E-state index contributed by atoms with van der Waals surface area (Å²) in [5.41, 5.74) is 8.21. The van der Waals surface area contributed by atoms with Gasteiger partial charge in [0, 0.05) is 11.1 Å². The standard InChI is InChI=1S/C14H13Cl2NO/c1-8-3-4-10(15)6-13(8)18-14-7-11(16)12(17)5-9(14)2/h3-7H,17H2,1-2H3. The van der Waals surface area contributed by atoms with Gasteiger partial charge in [0.2, 0.25) is 0 Å². The smallest absolute Gasteiger partial charge is 0.131 e. The first-order valence-electron chi connectivity index (χ1n) is 5.47. The van der Waals surface area contributed by atoms with Gasteiger partial charge >= 0.3 is 0 Å². The molecule has 0 atom stereocenters. The number of aryl methyl sites for hydroxylation is 2. The molecule has 2 nitrogen and oxygen atoms in total. The van der Waals surface area contributed by atoms with Crippen LogP contribution in [0.25, 0.3) is 0 Å². The van der Waals surface area contributed by atoms with Crippen LogP contribution in [0.1, 0.15) is 11.1 Å². The normalized spacial score (nSPS) is 10.4. The Hall–Kier alpha value is -1.38. The second kappa shape index (κ2) is 5.09. The average Bonchev–Trinajstić information content (AvgIpc) is 2.30. The molecule has 0 aromatic heterocycles. The van der Waals surface area contributed by atoms with Crippen molar-refractivity contribution in [1.29, 1.82) is 0 Å². The molecule has 0 bridgehead atoms. The second-order valence-corrected chi connectivity index (χ2v) is 4.99. The molecule has 0 radical (unpaired) electrons. The molecule has 0 aliphatic rings. The lowest BCUT2D eigenvalue weighted by Crippen LogP contribution is -1.93. The molecule has 0 aliphatic heterocycles. The van der Waals surface area contributed by atoms with Crippen molar-refractivity contribution < 1.29 is 4.74 Å². The van der Waals surface area contributed by atoms with Crippen molar-refractivity contribution >= 4 is 28.9 Å². The lowest BCUT2D eigenvalue weighted by molar-refractivity contribution is 0.475. The van der Waals surface area contributed by atoms with Crippen LogP contribution in [0.2, 0.25) is 10.0 Å². The minimum absolute atomic E-state index is 0.482. The third kappa shape index (κ3) is 2.71. The fraction of sp³-hybridized carbons (Fsp3) is 0.143. The van der Waals surface area contributed by atoms with Crippen LogP contribution in [0, 0.1) is 13.8 Å². The molecule has 18 heavy (non-hydrogen) atoms. The first-order chi connectivity index (χ1) is 8.47. The summed E-state index contributed by atoms with van der Waals surface area (Å²) in [6.45, 7) is 3.88. The number of nitrogens with two attached hydrogens (primary N) is 1. The molecule has 2 aromatic rings. The van der Waals surface area contributed by atoms with Gasteiger partial charge in [-0.1, -0.05) is 29.3 Å². The van der Waals surface area contributed by atoms with Gasteiger partial charge in [0.25, 0.3) is 0 Å². The summed E-state index contributed by atoms with van der Waals surface area (Å²) in [6.07, 6.45) is 0. The maximum atomic E-state index is 5.99. The van der Waals surface area contributed by atoms with Crippen molar-refractivity contribution in [2.75, 3.05) is 5.73 Å². The molecule has 0 saturated carbocycles. The van der Waals surface area contributed by atoms with Gasteiger partial charge in [-0.05, 0) is 43.2 Å². The average molecular weight is 282 g/mol. The molecular weight excluding hydrogens is 269 g/mol. The SMILES string of the molecule is Cc1ccc(Cl)cc1Oc1cc(Cl)c(N)cc1C. The monoisotopic (exact) mass is 281 g/mol. The number of hydrogen-bond acceptors (Lipinski definition) is 2. The van der Waals surface area contributed by atoms with Crippen molar-refractivity contribution in [3.8, 4) is 11.5 Å². The summed E-state index contributed by atoms with van der Waals surface area (Å²) in [6, 6.07) is 9.02. The molecule has 0 saturated heterocycles. The van der Waals surface area contributed by atoms with E-state index in [0.717, 1.165) is 11.1 Å². The number of ether oxygens (including phenoxy) is 1. The fourth-order valence-electron chi connectivity index (χ4n) is 1.60. The zero-order valence-electron chi connectivity index (χ0n) is 10.1. The van der Waals surface area contributed by atoms with Gasteiger partial charge in [-0.3, -0.25) is 0 Å². The molecule has 2 rings (SSSR count). The van der Waals surface area contributed by atoms with E-state index in [1.165, 1.54) is 0 Å². The van der Waals surface area contributed by atoms with Crippen LogP contribution in [0.4, 0.5) is 5.69 Å². The Kier molecular flexibility index (Phi) is 3.69. The largest absolute Gasteiger partial charge is 0.457 e. The van der Waals surface area contributed by atoms with Crippen LogP contribution in [0.5, 0.6) is 11.5 Å². The molecule has 0 aliphatic carbocycles. The van der Waals surface area contributed by atoms with Crippen LogP contribution < -0.4 is 10.5 Å². The lowest BCUT2D eigenvalue weighted by Gasteiger charge is -2.12. The van der Waals surface area contributed by atoms with Gasteiger partial charge in [0.1, 0.15) is 11.5 Å². The number of nitrogen functional groups attached to an aromatic ring is 1. The summed E-state index contributed by atoms with van der Waals surface area (Å²) >= 11 is 11.9. The third-order valence-corrected chi connectivity index (χ3v) is 3.23. The highest BCUT2D eigenvalue weighted by molar-refractivity contribution is 6.33. The molecule has 2 N–H and O–H groups in total. The summed E-state index contributed by atoms with van der Waals surface area (Å²) in [5, 5.41) is 1.12. The molecule has 4 heteroatoms. The highest BCUT2D eigenvalue weighted by Crippen LogP contribution is 2.33. The Morgan fingerprint density at radius 1 is 0.944 bits per heavy atom. The first-order valence-corrected chi connectivity index (χ1v) is 6.22. The number of anilines is 1. The second-order valence-electron chi connectivity index (χ2n) is 4.15. The van der Waals surface area contributed by atoms with E-state index in [9.17, 15) is 0 Å². The summed E-state index contributed by atoms with van der Waals surface area (Å²) in [7, 11) is 0. The molecule has 0 fully saturated rings. The van der Waals surface area contributed by atoms with E-state index in [0.29, 0.717) is 27.2 Å². The van der Waals surface area contributed by atoms with Crippen LogP contribution in [-0.2, 0) is 0 Å². The third-order valence-electron chi connectivity index (χ3n) is 2.66. The van der Waals surface area contributed by atoms with E-state index in [-0.39, 0.29) is 0 Å². The number of hydrogen-bond donors (Lipinski definition) is 1. The molecule has 2 aromatic carbocycles. The fourth-order valence-corrected chi connectivity index (χ4v) is 1.91. The van der Waals surface area contributed by atoms with Gasteiger partial charge in [-0.25, -0.2) is 0 Å². The number of halogens is 2. The van der Waals surface area contributed by atoms with Crippen LogP contribution in [0.15, 0.2) is 30.3 Å². The van der Waals surface area contributed by atoms with E-state index in [2.05, 4.69) is 0 Å². The maximum Gasteiger partial charge on any atom is 0.131 e. The predicted octanol–water partition coefficient (Wildman–Crippen LogP) is 4.98. The quantitative estimate of drug-likeness (QED) is 0.788. The Morgan fingerprint density at radius 3 is 2.33 bits per heavy atom. The highest BCUT2D eigenvalue weighted by Gasteiger charge is 2.08. The van der Waals surface area contributed by atoms with Crippen molar-refractivity contribution in [1.82, 2.24) is 0 Å². The molecule has 0 unspecified atom stereocenters. The van der Waals surface area contributed by atoms with Crippen LogP contribution >= 0.6 is 23.2 Å². The summed E-state index contributed by atoms with van der Waals surface area (Å²) in [4.78, 5) is 0. The molecular formula is C14H13Cl2NO. The summed E-state index contributed by atoms with van der Waals surface area (Å²) in [5.74, 6) is 1.39. The predicted molar refractivity (Wildman–Crippen MR) is 76.9 cm³/mol. The van der Waals surface area contributed by atoms with Gasteiger partial charge in [-0.2, -0.15) is 0 Å². The van der Waals surface area contributed by atoms with Crippen molar-refractivity contribution in [3.05, 3.63) is 51.5 Å². The first kappa shape index (κ1) is 13.1. The molecule has 0 amide bonds. The summed E-state index contributed by atoms with van der Waals surface area (Å²) < 4.78 is 5.83. The van der Waals surface area contributed by atoms with E-state index in [1.54, 1.807) is 18.2 Å². The van der Waals surface area contributed by atoms with Gasteiger partial charge in [0.05, 0.1) is 10.7 Å². The minimum Gasteiger partial charge on any atom is -0.457 e. The van der Waals surface area contributed by atoms with E-state index in [4.69, 9.17) is 33.7 Å². The van der Waals surface area contributed by atoms with E-state index >= 15 is 0 Å². The molecule has 94 valence electrons. The Labute approximate surface area is 116 Å².